The van der Waals surface area contributed by atoms with Crippen LogP contribution in [0.2, 0.25) is 0 Å². The number of nitrogens with one attached hydrogen (secondary N) is 1. The first-order valence-corrected chi connectivity index (χ1v) is 5.70. The first kappa shape index (κ1) is 9.77. The Bertz CT molecular complexity index is 304. The van der Waals surface area contributed by atoms with Crippen LogP contribution in [0.4, 0.5) is 14.5 Å². The van der Waals surface area contributed by atoms with Gasteiger partial charge in [-0.2, -0.15) is 11.8 Å². The van der Waals surface area contributed by atoms with Gasteiger partial charge in [-0.25, -0.2) is 8.78 Å². The zero-order valence-corrected chi connectivity index (χ0v) is 8.41. The van der Waals surface area contributed by atoms with E-state index in [2.05, 4.69) is 5.32 Å². The topological polar surface area (TPSA) is 12.0 Å². The van der Waals surface area contributed by atoms with E-state index in [0.29, 0.717) is 11.7 Å². The van der Waals surface area contributed by atoms with Crippen LogP contribution >= 0.6 is 11.8 Å². The number of thioether (sulfide) groups is 1. The van der Waals surface area contributed by atoms with Crippen molar-refractivity contribution in [2.45, 2.75) is 12.5 Å². The summed E-state index contributed by atoms with van der Waals surface area (Å²) >= 11 is 1.86. The minimum atomic E-state index is -0.529. The second kappa shape index (κ2) is 4.17. The van der Waals surface area contributed by atoms with Crippen molar-refractivity contribution in [3.8, 4) is 0 Å². The predicted molar refractivity (Wildman–Crippen MR) is 55.7 cm³/mol. The predicted octanol–water partition coefficient (Wildman–Crippen LogP) is 2.88. The molecule has 1 aromatic carbocycles. The smallest absolute Gasteiger partial charge is 0.128 e. The van der Waals surface area contributed by atoms with Gasteiger partial charge in [0, 0.05) is 23.5 Å². The van der Waals surface area contributed by atoms with E-state index in [1.807, 2.05) is 11.8 Å². The molecule has 1 fully saturated rings. The monoisotopic (exact) mass is 215 g/mol. The lowest BCUT2D eigenvalue weighted by atomic mass is 10.2. The van der Waals surface area contributed by atoms with Gasteiger partial charge >= 0.3 is 0 Å². The first-order valence-electron chi connectivity index (χ1n) is 4.54. The van der Waals surface area contributed by atoms with Crippen molar-refractivity contribution >= 4 is 17.4 Å². The molecule has 14 heavy (non-hydrogen) atoms. The van der Waals surface area contributed by atoms with E-state index in [1.165, 1.54) is 12.1 Å². The summed E-state index contributed by atoms with van der Waals surface area (Å²) < 4.78 is 25.6. The summed E-state index contributed by atoms with van der Waals surface area (Å²) in [6.45, 7) is 0. The third kappa shape index (κ3) is 2.38. The van der Waals surface area contributed by atoms with Crippen LogP contribution in [0.3, 0.4) is 0 Å². The molecular formula is C10H11F2NS. The van der Waals surface area contributed by atoms with Crippen LogP contribution in [0.1, 0.15) is 6.42 Å². The highest BCUT2D eigenvalue weighted by Crippen LogP contribution is 2.22. The molecule has 1 aliphatic rings. The number of hydrogen-bond acceptors (Lipinski definition) is 2. The van der Waals surface area contributed by atoms with E-state index in [-0.39, 0.29) is 0 Å². The molecule has 0 radical (unpaired) electrons. The largest absolute Gasteiger partial charge is 0.381 e. The summed E-state index contributed by atoms with van der Waals surface area (Å²) in [6.07, 6.45) is 1.06. The highest BCUT2D eigenvalue weighted by Gasteiger charge is 2.15. The molecule has 1 saturated heterocycles. The van der Waals surface area contributed by atoms with Gasteiger partial charge in [-0.05, 0) is 24.3 Å². The van der Waals surface area contributed by atoms with Gasteiger partial charge in [-0.1, -0.05) is 0 Å². The van der Waals surface area contributed by atoms with Crippen LogP contribution in [0.5, 0.6) is 0 Å². The first-order chi connectivity index (χ1) is 6.74. The van der Waals surface area contributed by atoms with Gasteiger partial charge in [0.1, 0.15) is 11.6 Å². The summed E-state index contributed by atoms with van der Waals surface area (Å²) in [5.74, 6) is 1.07. The number of benzene rings is 1. The number of rotatable bonds is 2. The zero-order chi connectivity index (χ0) is 9.97. The van der Waals surface area contributed by atoms with E-state index in [1.54, 1.807) is 0 Å². The summed E-state index contributed by atoms with van der Waals surface area (Å²) in [4.78, 5) is 0. The van der Waals surface area contributed by atoms with Crippen LogP contribution in [0.15, 0.2) is 18.2 Å². The second-order valence-corrected chi connectivity index (χ2v) is 4.51. The summed E-state index contributed by atoms with van der Waals surface area (Å²) in [7, 11) is 0. The van der Waals surface area contributed by atoms with E-state index in [9.17, 15) is 8.78 Å². The van der Waals surface area contributed by atoms with Gasteiger partial charge in [-0.3, -0.25) is 0 Å². The van der Waals surface area contributed by atoms with Gasteiger partial charge in [0.2, 0.25) is 0 Å². The van der Waals surface area contributed by atoms with E-state index < -0.39 is 11.6 Å². The Balaban J connectivity index is 2.07. The van der Waals surface area contributed by atoms with Crippen molar-refractivity contribution in [1.29, 1.82) is 0 Å². The Hall–Kier alpha value is -0.770. The molecule has 4 heteroatoms. The quantitative estimate of drug-likeness (QED) is 0.814. The Kier molecular flexibility index (Phi) is 2.91. The molecule has 0 bridgehead atoms. The molecule has 1 N–H and O–H groups in total. The fourth-order valence-electron chi connectivity index (χ4n) is 1.52. The molecule has 1 heterocycles. The highest BCUT2D eigenvalue weighted by molar-refractivity contribution is 7.99. The van der Waals surface area contributed by atoms with Gasteiger partial charge in [0.05, 0.1) is 0 Å². The molecule has 0 aliphatic carbocycles. The molecule has 0 amide bonds. The van der Waals surface area contributed by atoms with Crippen LogP contribution in [-0.2, 0) is 0 Å². The third-order valence-electron chi connectivity index (χ3n) is 2.16. The number of halogens is 2. The van der Waals surface area contributed by atoms with E-state index in [0.717, 1.165) is 24.0 Å². The molecule has 1 aromatic rings. The Morgan fingerprint density at radius 3 is 2.50 bits per heavy atom. The molecule has 0 saturated carbocycles. The van der Waals surface area contributed by atoms with Crippen molar-refractivity contribution in [3.05, 3.63) is 29.8 Å². The average Bonchev–Trinajstić information content (AvgIpc) is 2.54. The Morgan fingerprint density at radius 2 is 1.93 bits per heavy atom. The molecule has 0 unspecified atom stereocenters. The molecule has 1 atom stereocenters. The fraction of sp³-hybridized carbons (Fsp3) is 0.400. The van der Waals surface area contributed by atoms with Crippen LogP contribution in [0, 0.1) is 11.6 Å². The fourth-order valence-corrected chi connectivity index (χ4v) is 2.67. The normalized spacial score (nSPS) is 21.1. The molecular weight excluding hydrogens is 204 g/mol. The molecule has 0 aromatic heterocycles. The average molecular weight is 215 g/mol. The highest BCUT2D eigenvalue weighted by atomic mass is 32.2. The summed E-state index contributed by atoms with van der Waals surface area (Å²) in [5.41, 5.74) is 0.537. The van der Waals surface area contributed by atoms with Gasteiger partial charge < -0.3 is 5.32 Å². The summed E-state index contributed by atoms with van der Waals surface area (Å²) in [6, 6.07) is 3.88. The van der Waals surface area contributed by atoms with Gasteiger partial charge in [0.25, 0.3) is 0 Å². The molecule has 0 spiro atoms. The molecule has 76 valence electrons. The lowest BCUT2D eigenvalue weighted by molar-refractivity contribution is 0.583. The van der Waals surface area contributed by atoms with Crippen LogP contribution < -0.4 is 5.32 Å². The van der Waals surface area contributed by atoms with E-state index >= 15 is 0 Å². The number of anilines is 1. The maximum atomic E-state index is 12.8. The standard InChI is InChI=1S/C10H11F2NS/c11-7-3-8(12)5-10(4-7)13-9-1-2-14-6-9/h3-5,9,13H,1-2,6H2/t9-/m0/s1. The Labute approximate surface area is 85.9 Å². The van der Waals surface area contributed by atoms with Crippen molar-refractivity contribution in [3.63, 3.8) is 0 Å². The van der Waals surface area contributed by atoms with E-state index in [4.69, 9.17) is 0 Å². The SMILES string of the molecule is Fc1cc(F)cc(N[C@H]2CCSC2)c1. The van der Waals surface area contributed by atoms with Crippen molar-refractivity contribution in [2.24, 2.45) is 0 Å². The van der Waals surface area contributed by atoms with Crippen LogP contribution in [0.25, 0.3) is 0 Å². The van der Waals surface area contributed by atoms with Crippen molar-refractivity contribution < 1.29 is 8.78 Å². The third-order valence-corrected chi connectivity index (χ3v) is 3.33. The zero-order valence-electron chi connectivity index (χ0n) is 7.59. The molecule has 2 rings (SSSR count). The van der Waals surface area contributed by atoms with Gasteiger partial charge in [0.15, 0.2) is 0 Å². The van der Waals surface area contributed by atoms with Crippen molar-refractivity contribution in [2.75, 3.05) is 16.8 Å². The van der Waals surface area contributed by atoms with Crippen LogP contribution in [-0.4, -0.2) is 17.5 Å². The summed E-state index contributed by atoms with van der Waals surface area (Å²) in [5, 5.41) is 3.12. The lowest BCUT2D eigenvalue weighted by Gasteiger charge is -2.12. The second-order valence-electron chi connectivity index (χ2n) is 3.36. The van der Waals surface area contributed by atoms with Crippen molar-refractivity contribution in [1.82, 2.24) is 0 Å². The molecule has 1 nitrogen and oxygen atoms in total. The minimum absolute atomic E-state index is 0.348. The maximum absolute atomic E-state index is 12.8. The van der Waals surface area contributed by atoms with Gasteiger partial charge in [-0.15, -0.1) is 0 Å². The molecule has 1 aliphatic heterocycles. The minimum Gasteiger partial charge on any atom is -0.381 e. The lowest BCUT2D eigenvalue weighted by Crippen LogP contribution is -2.18. The Morgan fingerprint density at radius 1 is 1.21 bits per heavy atom. The maximum Gasteiger partial charge on any atom is 0.128 e. The number of hydrogen-bond donors (Lipinski definition) is 1.